The van der Waals surface area contributed by atoms with Crippen molar-refractivity contribution in [3.05, 3.63) is 22.5 Å². The van der Waals surface area contributed by atoms with Gasteiger partial charge in [-0.25, -0.2) is 9.59 Å². The summed E-state index contributed by atoms with van der Waals surface area (Å²) in [4.78, 5) is 53.2. The molecule has 2 rings (SSSR count). The van der Waals surface area contributed by atoms with Crippen LogP contribution in [0.1, 0.15) is 95.1 Å². The van der Waals surface area contributed by atoms with Gasteiger partial charge in [0.2, 0.25) is 0 Å². The molecule has 1 aromatic rings. The molecule has 26 heavy (non-hydrogen) atoms. The number of esters is 2. The molecule has 0 unspecified atom stereocenters. The Morgan fingerprint density at radius 3 is 1.54 bits per heavy atom. The number of hydrogen-bond donors (Lipinski definition) is 1. The number of ketones is 2. The van der Waals surface area contributed by atoms with E-state index in [0.717, 1.165) is 0 Å². The molecule has 1 heterocycles. The summed E-state index contributed by atoms with van der Waals surface area (Å²) in [7, 11) is 0. The largest absolute Gasteiger partial charge is 0.461 e. The van der Waals surface area contributed by atoms with E-state index in [9.17, 15) is 19.2 Å². The van der Waals surface area contributed by atoms with Gasteiger partial charge in [-0.15, -0.1) is 0 Å². The van der Waals surface area contributed by atoms with Crippen molar-refractivity contribution >= 4 is 23.5 Å². The molecule has 142 valence electrons. The van der Waals surface area contributed by atoms with Crippen molar-refractivity contribution in [2.45, 2.75) is 53.4 Å². The van der Waals surface area contributed by atoms with Crippen molar-refractivity contribution in [1.82, 2.24) is 4.98 Å². The van der Waals surface area contributed by atoms with Crippen molar-refractivity contribution in [3.8, 4) is 0 Å². The number of ether oxygens (including phenoxy) is 2. The quantitative estimate of drug-likeness (QED) is 0.614. The van der Waals surface area contributed by atoms with E-state index in [0.29, 0.717) is 12.8 Å². The molecule has 0 aliphatic heterocycles. The van der Waals surface area contributed by atoms with E-state index >= 15 is 0 Å². The molecule has 1 aliphatic rings. The minimum atomic E-state index is -0.763. The molecular formula is C19H25NO6. The van der Waals surface area contributed by atoms with Crippen molar-refractivity contribution < 1.29 is 28.7 Å². The topological polar surface area (TPSA) is 103 Å². The standard InChI is InChI=1S/C19H25NO6/c1-5-19(6-2)9-11(21)13-14(12(22)10-19)16(18(24)26-8-4)20-15(13)17(23)25-7-3/h20H,5-10H2,1-4H3. The third kappa shape index (κ3) is 3.43. The monoisotopic (exact) mass is 363 g/mol. The van der Waals surface area contributed by atoms with E-state index in [2.05, 4.69) is 4.98 Å². The number of hydrogen-bond acceptors (Lipinski definition) is 6. The first-order chi connectivity index (χ1) is 12.3. The van der Waals surface area contributed by atoms with Gasteiger partial charge in [0, 0.05) is 12.8 Å². The maximum atomic E-state index is 13.0. The van der Waals surface area contributed by atoms with Crippen LogP contribution in [-0.4, -0.2) is 41.7 Å². The fourth-order valence-electron chi connectivity index (χ4n) is 3.44. The number of carbonyl (C=O) groups is 4. The molecule has 0 aromatic carbocycles. The second kappa shape index (κ2) is 7.85. The minimum Gasteiger partial charge on any atom is -0.461 e. The Balaban J connectivity index is 2.68. The Kier molecular flexibility index (Phi) is 6.00. The van der Waals surface area contributed by atoms with Crippen LogP contribution in [0.5, 0.6) is 0 Å². The Bertz CT molecular complexity index is 685. The lowest BCUT2D eigenvalue weighted by Gasteiger charge is -2.28. The van der Waals surface area contributed by atoms with Crippen LogP contribution in [0, 0.1) is 5.41 Å². The third-order valence-corrected chi connectivity index (χ3v) is 5.09. The summed E-state index contributed by atoms with van der Waals surface area (Å²) in [5.74, 6) is -2.18. The maximum absolute atomic E-state index is 13.0. The predicted octanol–water partition coefficient (Wildman–Crippen LogP) is 3.33. The summed E-state index contributed by atoms with van der Waals surface area (Å²) in [6.07, 6.45) is 1.59. The molecular weight excluding hydrogens is 338 g/mol. The number of carbonyl (C=O) groups excluding carboxylic acids is 4. The number of rotatable bonds is 6. The fourth-order valence-corrected chi connectivity index (χ4v) is 3.44. The highest BCUT2D eigenvalue weighted by atomic mass is 16.5. The third-order valence-electron chi connectivity index (χ3n) is 5.09. The fraction of sp³-hybridized carbons (Fsp3) is 0.579. The van der Waals surface area contributed by atoms with Gasteiger partial charge in [-0.1, -0.05) is 13.8 Å². The van der Waals surface area contributed by atoms with Crippen LogP contribution in [0.25, 0.3) is 0 Å². The summed E-state index contributed by atoms with van der Waals surface area (Å²) in [5.41, 5.74) is -0.851. The Morgan fingerprint density at radius 2 is 1.23 bits per heavy atom. The number of nitrogens with one attached hydrogen (secondary N) is 1. The molecule has 0 amide bonds. The minimum absolute atomic E-state index is 0.0414. The van der Waals surface area contributed by atoms with Gasteiger partial charge in [-0.3, -0.25) is 9.59 Å². The Labute approximate surface area is 152 Å². The zero-order chi connectivity index (χ0) is 19.5. The van der Waals surface area contributed by atoms with Gasteiger partial charge in [0.15, 0.2) is 11.6 Å². The molecule has 0 spiro atoms. The second-order valence-corrected chi connectivity index (χ2v) is 6.47. The zero-order valence-corrected chi connectivity index (χ0v) is 15.7. The molecule has 0 fully saturated rings. The van der Waals surface area contributed by atoms with E-state index < -0.39 is 17.4 Å². The van der Waals surface area contributed by atoms with Crippen LogP contribution in [0.2, 0.25) is 0 Å². The lowest BCUT2D eigenvalue weighted by molar-refractivity contribution is 0.0510. The van der Waals surface area contributed by atoms with E-state index in [1.165, 1.54) is 0 Å². The maximum Gasteiger partial charge on any atom is 0.355 e. The summed E-state index contributed by atoms with van der Waals surface area (Å²) in [5, 5.41) is 0. The molecule has 0 bridgehead atoms. The van der Waals surface area contributed by atoms with Crippen molar-refractivity contribution in [1.29, 1.82) is 0 Å². The van der Waals surface area contributed by atoms with E-state index in [1.54, 1.807) is 13.8 Å². The number of H-pyrrole nitrogens is 1. The summed E-state index contributed by atoms with van der Waals surface area (Å²) >= 11 is 0. The lowest BCUT2D eigenvalue weighted by Crippen LogP contribution is -2.24. The van der Waals surface area contributed by atoms with Crippen LogP contribution in [-0.2, 0) is 9.47 Å². The molecule has 7 heteroatoms. The van der Waals surface area contributed by atoms with Crippen molar-refractivity contribution in [2.75, 3.05) is 13.2 Å². The van der Waals surface area contributed by atoms with Gasteiger partial charge in [-0.05, 0) is 32.1 Å². The highest BCUT2D eigenvalue weighted by Gasteiger charge is 2.43. The van der Waals surface area contributed by atoms with Gasteiger partial charge in [0.05, 0.1) is 24.3 Å². The Morgan fingerprint density at radius 1 is 0.846 bits per heavy atom. The first-order valence-electron chi connectivity index (χ1n) is 9.00. The van der Waals surface area contributed by atoms with Crippen molar-refractivity contribution in [3.63, 3.8) is 0 Å². The zero-order valence-electron chi connectivity index (χ0n) is 15.7. The highest BCUT2D eigenvalue weighted by molar-refractivity contribution is 6.19. The molecule has 1 aliphatic carbocycles. The summed E-state index contributed by atoms with van der Waals surface area (Å²) in [6.45, 7) is 7.36. The second-order valence-electron chi connectivity index (χ2n) is 6.47. The normalized spacial score (nSPS) is 16.0. The molecule has 0 saturated heterocycles. The average molecular weight is 363 g/mol. The molecule has 0 radical (unpaired) electrons. The predicted molar refractivity (Wildman–Crippen MR) is 93.6 cm³/mol. The van der Waals surface area contributed by atoms with E-state index in [1.807, 2.05) is 13.8 Å². The molecule has 7 nitrogen and oxygen atoms in total. The summed E-state index contributed by atoms with van der Waals surface area (Å²) in [6, 6.07) is 0. The first-order valence-corrected chi connectivity index (χ1v) is 9.00. The van der Waals surface area contributed by atoms with Crippen molar-refractivity contribution in [2.24, 2.45) is 5.41 Å². The molecule has 0 saturated carbocycles. The van der Waals surface area contributed by atoms with E-state index in [-0.39, 0.29) is 60.1 Å². The highest BCUT2D eigenvalue weighted by Crippen LogP contribution is 2.42. The Hall–Kier alpha value is -2.44. The van der Waals surface area contributed by atoms with Crippen LogP contribution in [0.4, 0.5) is 0 Å². The van der Waals surface area contributed by atoms with Gasteiger partial charge in [0.1, 0.15) is 11.4 Å². The summed E-state index contributed by atoms with van der Waals surface area (Å²) < 4.78 is 9.98. The van der Waals surface area contributed by atoms with Gasteiger partial charge in [0.25, 0.3) is 0 Å². The van der Waals surface area contributed by atoms with Crippen LogP contribution in [0.15, 0.2) is 0 Å². The average Bonchev–Trinajstić information content (AvgIpc) is 2.98. The lowest BCUT2D eigenvalue weighted by atomic mass is 9.75. The smallest absolute Gasteiger partial charge is 0.355 e. The molecule has 0 atom stereocenters. The van der Waals surface area contributed by atoms with Crippen LogP contribution < -0.4 is 0 Å². The molecule has 1 N–H and O–H groups in total. The number of aromatic nitrogens is 1. The first kappa shape index (κ1) is 19.9. The van der Waals surface area contributed by atoms with Gasteiger partial charge >= 0.3 is 11.9 Å². The van der Waals surface area contributed by atoms with Gasteiger partial charge in [-0.2, -0.15) is 0 Å². The number of aromatic amines is 1. The SMILES string of the molecule is CCOC(=O)c1[nH]c(C(=O)OCC)c2c1C(=O)CC(CC)(CC)CC2=O. The van der Waals surface area contributed by atoms with Crippen LogP contribution in [0.3, 0.4) is 0 Å². The number of fused-ring (bicyclic) bond motifs is 1. The number of Topliss-reactive ketones (excluding diaryl/α,β-unsaturated/α-hetero) is 2. The van der Waals surface area contributed by atoms with Crippen LogP contribution >= 0.6 is 0 Å². The van der Waals surface area contributed by atoms with E-state index in [4.69, 9.17) is 9.47 Å². The molecule has 1 aromatic heterocycles. The van der Waals surface area contributed by atoms with Gasteiger partial charge < -0.3 is 14.5 Å².